The molecule has 27 heavy (non-hydrogen) atoms. The molecule has 1 N–H and O–H groups in total. The van der Waals surface area contributed by atoms with Crippen LogP contribution in [-0.4, -0.2) is 16.9 Å². The van der Waals surface area contributed by atoms with Gasteiger partial charge in [0.2, 0.25) is 0 Å². The maximum absolute atomic E-state index is 13.0. The highest BCUT2D eigenvalue weighted by atomic mass is 16.4. The fourth-order valence-electron chi connectivity index (χ4n) is 3.26. The van der Waals surface area contributed by atoms with Gasteiger partial charge >= 0.3 is 5.97 Å². The van der Waals surface area contributed by atoms with Crippen molar-refractivity contribution in [3.8, 4) is 0 Å². The number of Topliss-reactive ketones (excluding diaryl/α,β-unsaturated/α-hetero) is 1. The van der Waals surface area contributed by atoms with E-state index in [1.807, 2.05) is 60.7 Å². The van der Waals surface area contributed by atoms with Gasteiger partial charge in [0, 0.05) is 22.1 Å². The summed E-state index contributed by atoms with van der Waals surface area (Å²) in [5.74, 6) is -3.47. The topological polar surface area (TPSA) is 103 Å². The zero-order chi connectivity index (χ0) is 19.2. The average Bonchev–Trinajstić information content (AvgIpc) is 2.68. The molecule has 6 nitrogen and oxygen atoms in total. The summed E-state index contributed by atoms with van der Waals surface area (Å²) >= 11 is 0. The molecule has 134 valence electrons. The van der Waals surface area contributed by atoms with Crippen LogP contribution in [0, 0.1) is 5.92 Å². The first-order valence-electron chi connectivity index (χ1n) is 8.45. The Balaban J connectivity index is 2.15. The van der Waals surface area contributed by atoms with Crippen molar-refractivity contribution in [2.75, 3.05) is 0 Å². The smallest absolute Gasteiger partial charge is 0.318 e. The first-order valence-corrected chi connectivity index (χ1v) is 8.45. The summed E-state index contributed by atoms with van der Waals surface area (Å²) < 4.78 is 0. The third-order valence-corrected chi connectivity index (χ3v) is 4.52. The molecule has 0 spiro atoms. The number of hydrogen-bond donors (Lipinski definition) is 1. The second-order valence-electron chi connectivity index (χ2n) is 6.18. The second-order valence-corrected chi connectivity index (χ2v) is 6.18. The lowest BCUT2D eigenvalue weighted by Gasteiger charge is -2.25. The van der Waals surface area contributed by atoms with Crippen molar-refractivity contribution < 1.29 is 14.7 Å². The molecule has 0 radical (unpaired) electrons. The number of carboxylic acid groups (broad SMARTS) is 1. The third kappa shape index (κ3) is 3.97. The van der Waals surface area contributed by atoms with Crippen LogP contribution in [0.25, 0.3) is 10.4 Å². The van der Waals surface area contributed by atoms with Gasteiger partial charge in [-0.2, -0.15) is 0 Å². The van der Waals surface area contributed by atoms with Gasteiger partial charge in [0.1, 0.15) is 5.92 Å². The lowest BCUT2D eigenvalue weighted by atomic mass is 9.77. The number of aliphatic carboxylic acids is 1. The SMILES string of the molecule is [N-]=[N+]=NC1=C(C(Cc2ccccc2)c2ccccc2)C(=O)C(C(=O)O)C=C1. The minimum Gasteiger partial charge on any atom is -0.480 e. The highest BCUT2D eigenvalue weighted by Crippen LogP contribution is 2.36. The number of rotatable bonds is 6. The van der Waals surface area contributed by atoms with Crippen LogP contribution in [0.2, 0.25) is 0 Å². The van der Waals surface area contributed by atoms with Crippen LogP contribution in [0.1, 0.15) is 17.0 Å². The van der Waals surface area contributed by atoms with E-state index in [1.165, 1.54) is 12.2 Å². The minimum absolute atomic E-state index is 0.171. The molecular weight excluding hydrogens is 342 g/mol. The summed E-state index contributed by atoms with van der Waals surface area (Å²) in [6.45, 7) is 0. The molecule has 0 fully saturated rings. The molecule has 2 unspecified atom stereocenters. The lowest BCUT2D eigenvalue weighted by molar-refractivity contribution is -0.143. The van der Waals surface area contributed by atoms with Crippen molar-refractivity contribution in [3.05, 3.63) is 106 Å². The summed E-state index contributed by atoms with van der Waals surface area (Å²) in [5, 5.41) is 13.0. The summed E-state index contributed by atoms with van der Waals surface area (Å²) in [7, 11) is 0. The van der Waals surface area contributed by atoms with Gasteiger partial charge in [-0.25, -0.2) is 0 Å². The van der Waals surface area contributed by atoms with E-state index in [2.05, 4.69) is 10.0 Å². The van der Waals surface area contributed by atoms with E-state index in [9.17, 15) is 14.7 Å². The van der Waals surface area contributed by atoms with E-state index in [1.54, 1.807) is 0 Å². The van der Waals surface area contributed by atoms with Gasteiger partial charge in [0.15, 0.2) is 5.78 Å². The van der Waals surface area contributed by atoms with Crippen LogP contribution >= 0.6 is 0 Å². The van der Waals surface area contributed by atoms with Crippen molar-refractivity contribution in [2.45, 2.75) is 12.3 Å². The van der Waals surface area contributed by atoms with E-state index >= 15 is 0 Å². The van der Waals surface area contributed by atoms with Gasteiger partial charge in [-0.3, -0.25) is 9.59 Å². The number of carboxylic acids is 1. The largest absolute Gasteiger partial charge is 0.480 e. The van der Waals surface area contributed by atoms with Gasteiger partial charge in [-0.15, -0.1) is 0 Å². The van der Waals surface area contributed by atoms with E-state index in [0.717, 1.165) is 11.1 Å². The van der Waals surface area contributed by atoms with Crippen LogP contribution < -0.4 is 0 Å². The number of ketones is 1. The van der Waals surface area contributed by atoms with Crippen molar-refractivity contribution >= 4 is 11.8 Å². The summed E-state index contributed by atoms with van der Waals surface area (Å²) in [5.41, 5.74) is 11.2. The molecule has 2 aromatic rings. The van der Waals surface area contributed by atoms with E-state index in [-0.39, 0.29) is 11.3 Å². The number of carbonyl (C=O) groups excluding carboxylic acids is 1. The van der Waals surface area contributed by atoms with Gasteiger partial charge in [0.25, 0.3) is 0 Å². The Morgan fingerprint density at radius 2 is 1.74 bits per heavy atom. The monoisotopic (exact) mass is 359 g/mol. The summed E-state index contributed by atoms with van der Waals surface area (Å²) in [6.07, 6.45) is 3.18. The quantitative estimate of drug-likeness (QED) is 0.357. The van der Waals surface area contributed by atoms with Crippen LogP contribution in [0.15, 0.2) is 89.2 Å². The van der Waals surface area contributed by atoms with Gasteiger partial charge in [-0.05, 0) is 23.1 Å². The maximum Gasteiger partial charge on any atom is 0.318 e. The molecule has 0 saturated heterocycles. The molecule has 0 heterocycles. The van der Waals surface area contributed by atoms with Gasteiger partial charge < -0.3 is 5.11 Å². The van der Waals surface area contributed by atoms with Crippen molar-refractivity contribution in [3.63, 3.8) is 0 Å². The minimum atomic E-state index is -1.28. The van der Waals surface area contributed by atoms with E-state index in [0.29, 0.717) is 6.42 Å². The Bertz CT molecular complexity index is 959. The van der Waals surface area contributed by atoms with Crippen molar-refractivity contribution in [1.29, 1.82) is 0 Å². The second kappa shape index (κ2) is 8.17. The molecular formula is C21H17N3O3. The highest BCUT2D eigenvalue weighted by molar-refractivity contribution is 6.11. The molecule has 6 heteroatoms. The first-order chi connectivity index (χ1) is 13.1. The molecule has 0 amide bonds. The fraction of sp³-hybridized carbons (Fsp3) is 0.143. The van der Waals surface area contributed by atoms with Crippen LogP contribution in [0.3, 0.4) is 0 Å². The molecule has 1 aliphatic rings. The highest BCUT2D eigenvalue weighted by Gasteiger charge is 2.35. The average molecular weight is 359 g/mol. The molecule has 2 atom stereocenters. The zero-order valence-corrected chi connectivity index (χ0v) is 14.4. The Morgan fingerprint density at radius 1 is 1.11 bits per heavy atom. The zero-order valence-electron chi connectivity index (χ0n) is 14.4. The van der Waals surface area contributed by atoms with E-state index in [4.69, 9.17) is 5.53 Å². The molecule has 2 aromatic carbocycles. The first kappa shape index (κ1) is 18.2. The predicted molar refractivity (Wildman–Crippen MR) is 101 cm³/mol. The molecule has 0 aliphatic heterocycles. The Kier molecular flexibility index (Phi) is 5.50. The van der Waals surface area contributed by atoms with Crippen LogP contribution in [-0.2, 0) is 16.0 Å². The van der Waals surface area contributed by atoms with Crippen LogP contribution in [0.5, 0.6) is 0 Å². The summed E-state index contributed by atoms with van der Waals surface area (Å²) in [4.78, 5) is 27.3. The Morgan fingerprint density at radius 3 is 2.33 bits per heavy atom. The van der Waals surface area contributed by atoms with Crippen LogP contribution in [0.4, 0.5) is 0 Å². The normalized spacial score (nSPS) is 17.3. The van der Waals surface area contributed by atoms with E-state index < -0.39 is 23.6 Å². The van der Waals surface area contributed by atoms with Crippen molar-refractivity contribution in [2.24, 2.45) is 11.0 Å². The number of carbonyl (C=O) groups is 2. The van der Waals surface area contributed by atoms with Gasteiger partial charge in [0.05, 0.1) is 0 Å². The predicted octanol–water partition coefficient (Wildman–Crippen LogP) is 4.42. The Hall–Kier alpha value is -3.63. The summed E-state index contributed by atoms with van der Waals surface area (Å²) in [6, 6.07) is 19.0. The maximum atomic E-state index is 13.0. The van der Waals surface area contributed by atoms with Gasteiger partial charge in [-0.1, -0.05) is 77.9 Å². The third-order valence-electron chi connectivity index (χ3n) is 4.52. The Labute approximate surface area is 156 Å². The molecule has 0 bridgehead atoms. The molecule has 1 aliphatic carbocycles. The lowest BCUT2D eigenvalue weighted by Crippen LogP contribution is -2.29. The number of nitrogens with zero attached hydrogens (tertiary/aromatic N) is 3. The number of allylic oxidation sites excluding steroid dienone is 2. The molecule has 0 aromatic heterocycles. The van der Waals surface area contributed by atoms with Crippen molar-refractivity contribution in [1.82, 2.24) is 0 Å². The number of azide groups is 1. The fourth-order valence-corrected chi connectivity index (χ4v) is 3.26. The number of benzene rings is 2. The molecule has 0 saturated carbocycles. The number of hydrogen-bond acceptors (Lipinski definition) is 3. The molecule has 3 rings (SSSR count). The standard InChI is InChI=1S/C21H17N3O3/c22-24-23-18-12-11-16(21(26)27)20(25)19(18)17(15-9-5-2-6-10-15)13-14-7-3-1-4-8-14/h1-12,16-17H,13H2,(H,26,27).